The van der Waals surface area contributed by atoms with Crippen LogP contribution in [0, 0.1) is 0 Å². The fourth-order valence-corrected chi connectivity index (χ4v) is 4.01. The Kier molecular flexibility index (Phi) is 9.25. The predicted molar refractivity (Wildman–Crippen MR) is 136 cm³/mol. The monoisotopic (exact) mass is 445 g/mol. The largest absolute Gasteiger partial charge is 0.497 e. The van der Waals surface area contributed by atoms with Crippen LogP contribution in [0.15, 0.2) is 78.5 Å². The van der Waals surface area contributed by atoms with Gasteiger partial charge in [-0.25, -0.2) is 0 Å². The molecular weight excluding hydrogens is 410 g/mol. The van der Waals surface area contributed by atoms with Crippen molar-refractivity contribution in [3.63, 3.8) is 0 Å². The Bertz CT molecular complexity index is 1040. The highest BCUT2D eigenvalue weighted by Crippen LogP contribution is 2.30. The first kappa shape index (κ1) is 24.2. The fourth-order valence-electron chi connectivity index (χ4n) is 4.01. The Morgan fingerprint density at radius 1 is 0.727 bits per heavy atom. The molecule has 0 aliphatic rings. The zero-order valence-electron chi connectivity index (χ0n) is 20.2. The van der Waals surface area contributed by atoms with Gasteiger partial charge in [0.25, 0.3) is 0 Å². The van der Waals surface area contributed by atoms with Crippen LogP contribution in [0.2, 0.25) is 0 Å². The van der Waals surface area contributed by atoms with Crippen molar-refractivity contribution in [2.24, 2.45) is 0 Å². The summed E-state index contributed by atoms with van der Waals surface area (Å²) in [6.45, 7) is 3.08. The van der Waals surface area contributed by atoms with E-state index in [1.807, 2.05) is 12.1 Å². The van der Waals surface area contributed by atoms with Crippen LogP contribution < -0.4 is 19.5 Å². The average molecular weight is 446 g/mol. The highest BCUT2D eigenvalue weighted by Gasteiger charge is 2.10. The van der Waals surface area contributed by atoms with Crippen LogP contribution >= 0.6 is 0 Å². The summed E-state index contributed by atoms with van der Waals surface area (Å²) in [7, 11) is 5.05. The maximum Gasteiger partial charge on any atom is 0.160 e. The summed E-state index contributed by atoms with van der Waals surface area (Å²) in [6.07, 6.45) is 3.95. The molecule has 4 nitrogen and oxygen atoms in total. The Balaban J connectivity index is 1.71. The molecule has 0 atom stereocenters. The van der Waals surface area contributed by atoms with E-state index in [1.54, 1.807) is 21.3 Å². The van der Waals surface area contributed by atoms with Gasteiger partial charge in [-0.05, 0) is 79.1 Å². The van der Waals surface area contributed by atoms with E-state index in [1.165, 1.54) is 28.0 Å². The zero-order valence-corrected chi connectivity index (χ0v) is 20.2. The van der Waals surface area contributed by atoms with Crippen LogP contribution in [0.25, 0.3) is 5.57 Å². The second-order valence-corrected chi connectivity index (χ2v) is 8.04. The van der Waals surface area contributed by atoms with E-state index in [0.717, 1.165) is 49.5 Å². The molecule has 4 heteroatoms. The molecule has 0 fully saturated rings. The number of hydrogen-bond donors (Lipinski definition) is 1. The number of rotatable bonds is 12. The first-order valence-corrected chi connectivity index (χ1v) is 11.5. The number of allylic oxidation sites excluding steroid dienone is 2. The van der Waals surface area contributed by atoms with Crippen molar-refractivity contribution in [1.82, 2.24) is 5.32 Å². The summed E-state index contributed by atoms with van der Waals surface area (Å²) in [4.78, 5) is 0. The summed E-state index contributed by atoms with van der Waals surface area (Å²) in [6, 6.07) is 25.1. The van der Waals surface area contributed by atoms with Gasteiger partial charge >= 0.3 is 0 Å². The van der Waals surface area contributed by atoms with Crippen molar-refractivity contribution in [1.29, 1.82) is 0 Å². The maximum atomic E-state index is 5.48. The minimum Gasteiger partial charge on any atom is -0.497 e. The third kappa shape index (κ3) is 7.04. The fraction of sp³-hybridized carbons (Fsp3) is 0.310. The van der Waals surface area contributed by atoms with Gasteiger partial charge in [-0.1, -0.05) is 48.5 Å². The smallest absolute Gasteiger partial charge is 0.160 e. The maximum absolute atomic E-state index is 5.48. The summed E-state index contributed by atoms with van der Waals surface area (Å²) < 4.78 is 16.3. The van der Waals surface area contributed by atoms with Crippen LogP contribution in [0.3, 0.4) is 0 Å². The molecule has 0 aliphatic heterocycles. The lowest BCUT2D eigenvalue weighted by atomic mass is 9.96. The first-order chi connectivity index (χ1) is 16.1. The number of nitrogens with one attached hydrogen (secondary N) is 1. The lowest BCUT2D eigenvalue weighted by Gasteiger charge is -2.16. The van der Waals surface area contributed by atoms with Gasteiger partial charge in [0.05, 0.1) is 21.3 Å². The lowest BCUT2D eigenvalue weighted by Crippen LogP contribution is -2.16. The third-order valence-electron chi connectivity index (χ3n) is 5.86. The average Bonchev–Trinajstić information content (AvgIpc) is 2.87. The molecule has 0 bridgehead atoms. The molecular formula is C29H35NO3. The minimum atomic E-state index is 0.761. The molecule has 33 heavy (non-hydrogen) atoms. The molecule has 0 saturated heterocycles. The van der Waals surface area contributed by atoms with Crippen LogP contribution in [0.5, 0.6) is 17.2 Å². The highest BCUT2D eigenvalue weighted by atomic mass is 16.5. The molecule has 3 aromatic rings. The minimum absolute atomic E-state index is 0.761. The summed E-state index contributed by atoms with van der Waals surface area (Å²) in [5.74, 6) is 2.41. The molecule has 0 heterocycles. The van der Waals surface area contributed by atoms with Crippen LogP contribution in [-0.4, -0.2) is 27.9 Å². The lowest BCUT2D eigenvalue weighted by molar-refractivity contribution is 0.354. The zero-order chi connectivity index (χ0) is 23.5. The van der Waals surface area contributed by atoms with Gasteiger partial charge in [-0.2, -0.15) is 0 Å². The van der Waals surface area contributed by atoms with E-state index >= 15 is 0 Å². The third-order valence-corrected chi connectivity index (χ3v) is 5.86. The molecule has 0 spiro atoms. The van der Waals surface area contributed by atoms with Crippen molar-refractivity contribution < 1.29 is 14.2 Å². The number of methoxy groups -OCH3 is 3. The number of ether oxygens (including phenoxy) is 3. The summed E-state index contributed by atoms with van der Waals surface area (Å²) in [5, 5.41) is 3.65. The summed E-state index contributed by atoms with van der Waals surface area (Å²) in [5.41, 5.74) is 6.32. The van der Waals surface area contributed by atoms with Gasteiger partial charge in [-0.3, -0.25) is 0 Å². The highest BCUT2D eigenvalue weighted by molar-refractivity contribution is 5.69. The topological polar surface area (TPSA) is 39.7 Å². The summed E-state index contributed by atoms with van der Waals surface area (Å²) >= 11 is 0. The van der Waals surface area contributed by atoms with Gasteiger partial charge < -0.3 is 19.5 Å². The Labute approximate surface area is 198 Å². The Morgan fingerprint density at radius 3 is 2.24 bits per heavy atom. The molecule has 0 aromatic heterocycles. The predicted octanol–water partition coefficient (Wildman–Crippen LogP) is 6.30. The van der Waals surface area contributed by atoms with Gasteiger partial charge in [-0.15, -0.1) is 0 Å². The second-order valence-electron chi connectivity index (χ2n) is 8.04. The van der Waals surface area contributed by atoms with Gasteiger partial charge in [0.2, 0.25) is 0 Å². The molecule has 0 unspecified atom stereocenters. The molecule has 3 rings (SSSR count). The molecule has 1 N–H and O–H groups in total. The van der Waals surface area contributed by atoms with E-state index < -0.39 is 0 Å². The van der Waals surface area contributed by atoms with Gasteiger partial charge in [0, 0.05) is 12.2 Å². The van der Waals surface area contributed by atoms with Crippen molar-refractivity contribution in [2.45, 2.75) is 32.6 Å². The normalized spacial score (nSPS) is 11.5. The molecule has 0 aliphatic carbocycles. The molecule has 0 amide bonds. The van der Waals surface area contributed by atoms with Crippen LogP contribution in [0.4, 0.5) is 0 Å². The van der Waals surface area contributed by atoms with E-state index in [-0.39, 0.29) is 0 Å². The SMILES string of the molecule is COc1cccc(/C(CCCc2ccc(OC)c(OC)c2)=C(\C)NCCc2ccccc2)c1. The number of aryl methyl sites for hydroxylation is 1. The van der Waals surface area contributed by atoms with Gasteiger partial charge in [0.1, 0.15) is 5.75 Å². The molecule has 174 valence electrons. The number of benzene rings is 3. The Hall–Kier alpha value is -3.40. The van der Waals surface area contributed by atoms with Crippen molar-refractivity contribution in [3.05, 3.63) is 95.2 Å². The molecule has 0 saturated carbocycles. The van der Waals surface area contributed by atoms with Crippen molar-refractivity contribution in [3.8, 4) is 17.2 Å². The first-order valence-electron chi connectivity index (χ1n) is 11.5. The molecule has 3 aromatic carbocycles. The standard InChI is InChI=1S/C29H35NO3/c1-22(30-19-18-23-10-6-5-7-11-23)27(25-13-9-14-26(21-25)31-2)15-8-12-24-16-17-28(32-3)29(20-24)33-4/h5-7,9-11,13-14,16-17,20-21,30H,8,12,15,18-19H2,1-4H3/b27-22+. The number of hydrogen-bond acceptors (Lipinski definition) is 4. The van der Waals surface area contributed by atoms with Crippen molar-refractivity contribution >= 4 is 5.57 Å². The van der Waals surface area contributed by atoms with E-state index in [9.17, 15) is 0 Å². The van der Waals surface area contributed by atoms with E-state index in [2.05, 4.69) is 72.9 Å². The van der Waals surface area contributed by atoms with Gasteiger partial charge in [0.15, 0.2) is 11.5 Å². The molecule has 0 radical (unpaired) electrons. The van der Waals surface area contributed by atoms with Crippen LogP contribution in [0.1, 0.15) is 36.5 Å². The Morgan fingerprint density at radius 2 is 1.52 bits per heavy atom. The van der Waals surface area contributed by atoms with E-state index in [4.69, 9.17) is 14.2 Å². The van der Waals surface area contributed by atoms with Crippen LogP contribution in [-0.2, 0) is 12.8 Å². The van der Waals surface area contributed by atoms with Crippen molar-refractivity contribution in [2.75, 3.05) is 27.9 Å². The quantitative estimate of drug-likeness (QED) is 0.355. The second kappa shape index (κ2) is 12.6. The van der Waals surface area contributed by atoms with E-state index in [0.29, 0.717) is 0 Å².